The lowest BCUT2D eigenvalue weighted by atomic mass is 10.1. The zero-order valence-corrected chi connectivity index (χ0v) is 16.8. The monoisotopic (exact) mass is 409 g/mol. The van der Waals surface area contributed by atoms with Crippen molar-refractivity contribution in [2.24, 2.45) is 0 Å². The number of piperazine rings is 1. The molecule has 0 aliphatic carbocycles. The van der Waals surface area contributed by atoms with Crippen molar-refractivity contribution in [2.45, 2.75) is 6.54 Å². The SMILES string of the molecule is COc1ccc(-c2noc(CN3CCN(c4ccc(Cl)cc4C#N)CC3)n2)cc1. The van der Waals surface area contributed by atoms with E-state index in [-0.39, 0.29) is 0 Å². The van der Waals surface area contributed by atoms with Crippen LogP contribution in [-0.4, -0.2) is 48.3 Å². The lowest BCUT2D eigenvalue weighted by Gasteiger charge is -2.35. The Labute approximate surface area is 174 Å². The average Bonchev–Trinajstić information content (AvgIpc) is 3.23. The largest absolute Gasteiger partial charge is 0.497 e. The van der Waals surface area contributed by atoms with Crippen molar-refractivity contribution >= 4 is 17.3 Å². The summed E-state index contributed by atoms with van der Waals surface area (Å²) in [6, 6.07) is 15.2. The maximum Gasteiger partial charge on any atom is 0.241 e. The zero-order chi connectivity index (χ0) is 20.2. The van der Waals surface area contributed by atoms with Crippen LogP contribution >= 0.6 is 11.6 Å². The lowest BCUT2D eigenvalue weighted by molar-refractivity contribution is 0.215. The maximum atomic E-state index is 9.37. The Morgan fingerprint density at radius 1 is 1.14 bits per heavy atom. The van der Waals surface area contributed by atoms with E-state index in [1.807, 2.05) is 36.4 Å². The molecule has 1 aliphatic heterocycles. The van der Waals surface area contributed by atoms with Gasteiger partial charge in [0, 0.05) is 36.8 Å². The number of halogens is 1. The molecule has 148 valence electrons. The van der Waals surface area contributed by atoms with Gasteiger partial charge in [0.15, 0.2) is 0 Å². The van der Waals surface area contributed by atoms with Crippen molar-refractivity contribution in [3.63, 3.8) is 0 Å². The van der Waals surface area contributed by atoms with Crippen LogP contribution in [0.15, 0.2) is 47.0 Å². The lowest BCUT2D eigenvalue weighted by Crippen LogP contribution is -2.46. The molecule has 0 spiro atoms. The fourth-order valence-corrected chi connectivity index (χ4v) is 3.56. The van der Waals surface area contributed by atoms with Crippen LogP contribution in [0, 0.1) is 11.3 Å². The summed E-state index contributed by atoms with van der Waals surface area (Å²) in [7, 11) is 1.63. The number of hydrogen-bond acceptors (Lipinski definition) is 7. The zero-order valence-electron chi connectivity index (χ0n) is 16.0. The van der Waals surface area contributed by atoms with Crippen LogP contribution in [-0.2, 0) is 6.54 Å². The van der Waals surface area contributed by atoms with Gasteiger partial charge in [-0.05, 0) is 42.5 Å². The summed E-state index contributed by atoms with van der Waals surface area (Å²) in [6.07, 6.45) is 0. The molecule has 2 heterocycles. The average molecular weight is 410 g/mol. The minimum atomic E-state index is 0.570. The highest BCUT2D eigenvalue weighted by Crippen LogP contribution is 2.25. The van der Waals surface area contributed by atoms with E-state index in [1.165, 1.54) is 0 Å². The van der Waals surface area contributed by atoms with Gasteiger partial charge in [0.25, 0.3) is 0 Å². The predicted molar refractivity (Wildman–Crippen MR) is 110 cm³/mol. The summed E-state index contributed by atoms with van der Waals surface area (Å²) in [5.41, 5.74) is 2.42. The van der Waals surface area contributed by atoms with Crippen molar-refractivity contribution < 1.29 is 9.26 Å². The molecule has 4 rings (SSSR count). The molecule has 1 fully saturated rings. The molecule has 2 aromatic carbocycles. The van der Waals surface area contributed by atoms with E-state index in [4.69, 9.17) is 20.9 Å². The number of ether oxygens (including phenoxy) is 1. The topological polar surface area (TPSA) is 78.4 Å². The molecule has 0 bridgehead atoms. The van der Waals surface area contributed by atoms with Crippen molar-refractivity contribution in [3.8, 4) is 23.2 Å². The van der Waals surface area contributed by atoms with Gasteiger partial charge in [-0.3, -0.25) is 4.90 Å². The molecule has 0 unspecified atom stereocenters. The predicted octanol–water partition coefficient (Wildman–Crippen LogP) is 3.59. The van der Waals surface area contributed by atoms with Gasteiger partial charge < -0.3 is 14.2 Å². The second kappa shape index (κ2) is 8.52. The van der Waals surface area contributed by atoms with Crippen LogP contribution in [0.5, 0.6) is 5.75 Å². The van der Waals surface area contributed by atoms with Crippen LogP contribution in [0.4, 0.5) is 5.69 Å². The van der Waals surface area contributed by atoms with Gasteiger partial charge in [0.05, 0.1) is 24.9 Å². The van der Waals surface area contributed by atoms with E-state index in [1.54, 1.807) is 13.2 Å². The number of rotatable bonds is 5. The van der Waals surface area contributed by atoms with E-state index >= 15 is 0 Å². The first-order valence-corrected chi connectivity index (χ1v) is 9.68. The maximum absolute atomic E-state index is 9.37. The number of anilines is 1. The molecule has 1 aliphatic rings. The van der Waals surface area contributed by atoms with Crippen molar-refractivity contribution in [2.75, 3.05) is 38.2 Å². The Morgan fingerprint density at radius 2 is 1.90 bits per heavy atom. The summed E-state index contributed by atoms with van der Waals surface area (Å²) < 4.78 is 10.6. The molecule has 8 heteroatoms. The molecule has 1 saturated heterocycles. The molecule has 7 nitrogen and oxygen atoms in total. The molecule has 0 saturated carbocycles. The fraction of sp³-hybridized carbons (Fsp3) is 0.286. The van der Waals surface area contributed by atoms with Crippen LogP contribution in [0.3, 0.4) is 0 Å². The minimum absolute atomic E-state index is 0.570. The quantitative estimate of drug-likeness (QED) is 0.637. The van der Waals surface area contributed by atoms with Gasteiger partial charge in [-0.15, -0.1) is 0 Å². The number of nitriles is 1. The number of benzene rings is 2. The van der Waals surface area contributed by atoms with Crippen LogP contribution in [0.25, 0.3) is 11.4 Å². The molecule has 0 atom stereocenters. The van der Waals surface area contributed by atoms with E-state index in [2.05, 4.69) is 26.0 Å². The first-order valence-electron chi connectivity index (χ1n) is 9.30. The molecular weight excluding hydrogens is 390 g/mol. The summed E-state index contributed by atoms with van der Waals surface area (Å²) in [5.74, 6) is 1.95. The van der Waals surface area contributed by atoms with Crippen LogP contribution in [0.2, 0.25) is 5.02 Å². The summed E-state index contributed by atoms with van der Waals surface area (Å²) >= 11 is 6.00. The number of methoxy groups -OCH3 is 1. The Morgan fingerprint density at radius 3 is 2.59 bits per heavy atom. The second-order valence-corrected chi connectivity index (χ2v) is 7.21. The minimum Gasteiger partial charge on any atom is -0.497 e. The highest BCUT2D eigenvalue weighted by Gasteiger charge is 2.21. The molecule has 0 amide bonds. The van der Waals surface area contributed by atoms with Gasteiger partial charge in [0.2, 0.25) is 11.7 Å². The van der Waals surface area contributed by atoms with Crippen LogP contribution < -0.4 is 9.64 Å². The van der Waals surface area contributed by atoms with Crippen molar-refractivity contribution in [1.29, 1.82) is 5.26 Å². The summed E-state index contributed by atoms with van der Waals surface area (Å²) in [6.45, 7) is 3.91. The first-order chi connectivity index (χ1) is 14.2. The van der Waals surface area contributed by atoms with E-state index < -0.39 is 0 Å². The molecule has 29 heavy (non-hydrogen) atoms. The van der Waals surface area contributed by atoms with Gasteiger partial charge in [-0.1, -0.05) is 16.8 Å². The van der Waals surface area contributed by atoms with Gasteiger partial charge >= 0.3 is 0 Å². The first kappa shape index (κ1) is 19.2. The second-order valence-electron chi connectivity index (χ2n) is 6.78. The van der Waals surface area contributed by atoms with Crippen molar-refractivity contribution in [1.82, 2.24) is 15.0 Å². The van der Waals surface area contributed by atoms with E-state index in [9.17, 15) is 5.26 Å². The third kappa shape index (κ3) is 4.34. The van der Waals surface area contributed by atoms with Crippen LogP contribution in [0.1, 0.15) is 11.5 Å². The van der Waals surface area contributed by atoms with Crippen molar-refractivity contribution in [3.05, 3.63) is 58.9 Å². The Hall–Kier alpha value is -3.08. The molecule has 0 radical (unpaired) electrons. The highest BCUT2D eigenvalue weighted by atomic mass is 35.5. The van der Waals surface area contributed by atoms with Gasteiger partial charge in [-0.2, -0.15) is 10.2 Å². The normalized spacial score (nSPS) is 14.6. The number of nitrogens with zero attached hydrogens (tertiary/aromatic N) is 5. The Balaban J connectivity index is 1.37. The Kier molecular flexibility index (Phi) is 5.65. The number of hydrogen-bond donors (Lipinski definition) is 0. The summed E-state index contributed by atoms with van der Waals surface area (Å²) in [4.78, 5) is 8.99. The van der Waals surface area contributed by atoms with Gasteiger partial charge in [0.1, 0.15) is 11.8 Å². The molecular formula is C21H20ClN5O2. The molecule has 3 aromatic rings. The Bertz CT molecular complexity index is 1020. The fourth-order valence-electron chi connectivity index (χ4n) is 3.39. The van der Waals surface area contributed by atoms with E-state index in [0.717, 1.165) is 43.2 Å². The molecule has 1 aromatic heterocycles. The smallest absolute Gasteiger partial charge is 0.241 e. The van der Waals surface area contributed by atoms with E-state index in [0.29, 0.717) is 28.8 Å². The van der Waals surface area contributed by atoms with Gasteiger partial charge in [-0.25, -0.2) is 0 Å². The third-order valence-electron chi connectivity index (χ3n) is 4.97. The standard InChI is InChI=1S/C21H20ClN5O2/c1-28-18-5-2-15(3-6-18)21-24-20(29-25-21)14-26-8-10-27(11-9-26)19-7-4-17(22)12-16(19)13-23/h2-7,12H,8-11,14H2,1H3. The molecule has 0 N–H and O–H groups in total. The number of aromatic nitrogens is 2. The summed E-state index contributed by atoms with van der Waals surface area (Å²) in [5, 5.41) is 14.0. The third-order valence-corrected chi connectivity index (χ3v) is 5.20. The highest BCUT2D eigenvalue weighted by molar-refractivity contribution is 6.30.